The van der Waals surface area contributed by atoms with Gasteiger partial charge in [-0.25, -0.2) is 4.98 Å². The summed E-state index contributed by atoms with van der Waals surface area (Å²) in [4.78, 5) is 44.6. The van der Waals surface area contributed by atoms with E-state index in [2.05, 4.69) is 15.6 Å². The van der Waals surface area contributed by atoms with Crippen molar-refractivity contribution in [2.75, 3.05) is 23.7 Å². The number of thioether (sulfide) groups is 1. The Hall–Kier alpha value is -2.87. The third kappa shape index (κ3) is 4.27. The van der Waals surface area contributed by atoms with Gasteiger partial charge in [-0.15, -0.1) is 11.8 Å². The summed E-state index contributed by atoms with van der Waals surface area (Å²) in [5, 5.41) is 4.87. The van der Waals surface area contributed by atoms with Gasteiger partial charge in [0.1, 0.15) is 5.82 Å². The van der Waals surface area contributed by atoms with E-state index in [1.807, 2.05) is 37.3 Å². The number of carbonyl (C=O) groups is 3. The Balaban J connectivity index is 1.33. The quantitative estimate of drug-likeness (QED) is 0.759. The number of piperidine rings is 1. The van der Waals surface area contributed by atoms with E-state index < -0.39 is 5.25 Å². The SMILES string of the molecule is Cc1ccc(NC(=O)C2CCN(C(=O)[C@H]3Sc4ccccc4NC3=O)CC2)nc1. The second-order valence-corrected chi connectivity index (χ2v) is 8.44. The number of carbonyl (C=O) groups excluding carboxylic acids is 3. The van der Waals surface area contributed by atoms with E-state index in [4.69, 9.17) is 0 Å². The van der Waals surface area contributed by atoms with Crippen molar-refractivity contribution in [1.82, 2.24) is 9.88 Å². The fourth-order valence-corrected chi connectivity index (χ4v) is 4.58. The van der Waals surface area contributed by atoms with Gasteiger partial charge in [0.05, 0.1) is 5.69 Å². The molecule has 4 rings (SSSR count). The maximum atomic E-state index is 12.9. The van der Waals surface area contributed by atoms with Gasteiger partial charge < -0.3 is 15.5 Å². The Kier molecular flexibility index (Phi) is 5.53. The zero-order chi connectivity index (χ0) is 20.4. The Morgan fingerprint density at radius 3 is 2.66 bits per heavy atom. The summed E-state index contributed by atoms with van der Waals surface area (Å²) in [5.41, 5.74) is 1.77. The number of hydrogen-bond donors (Lipinski definition) is 2. The van der Waals surface area contributed by atoms with Gasteiger partial charge >= 0.3 is 0 Å². The van der Waals surface area contributed by atoms with Crippen LogP contribution in [-0.2, 0) is 14.4 Å². The van der Waals surface area contributed by atoms with E-state index in [0.29, 0.717) is 31.7 Å². The van der Waals surface area contributed by atoms with E-state index in [1.165, 1.54) is 11.8 Å². The van der Waals surface area contributed by atoms with Gasteiger partial charge in [-0.1, -0.05) is 18.2 Å². The average molecular weight is 410 g/mol. The molecule has 2 N–H and O–H groups in total. The van der Waals surface area contributed by atoms with Crippen molar-refractivity contribution in [3.05, 3.63) is 48.2 Å². The van der Waals surface area contributed by atoms with E-state index in [1.54, 1.807) is 17.2 Å². The minimum absolute atomic E-state index is 0.0767. The summed E-state index contributed by atoms with van der Waals surface area (Å²) in [7, 11) is 0. The molecule has 1 saturated heterocycles. The Morgan fingerprint density at radius 2 is 1.93 bits per heavy atom. The molecule has 1 fully saturated rings. The molecule has 3 heterocycles. The molecule has 3 amide bonds. The average Bonchev–Trinajstić information content (AvgIpc) is 2.74. The molecule has 0 saturated carbocycles. The zero-order valence-corrected chi connectivity index (χ0v) is 16.9. The molecule has 1 atom stereocenters. The standard InChI is InChI=1S/C21H22N4O3S/c1-13-6-7-17(22-12-13)24-19(26)14-8-10-25(11-9-14)21(28)18-20(27)23-15-4-2-3-5-16(15)29-18/h2-7,12,14,18H,8-11H2,1H3,(H,23,27)(H,22,24,26)/t18-/m0/s1. The van der Waals surface area contributed by atoms with Crippen LogP contribution in [0.2, 0.25) is 0 Å². The number of para-hydroxylation sites is 1. The maximum absolute atomic E-state index is 12.9. The van der Waals surface area contributed by atoms with Gasteiger partial charge in [-0.2, -0.15) is 0 Å². The third-order valence-corrected chi connectivity index (χ3v) is 6.45. The number of amides is 3. The van der Waals surface area contributed by atoms with E-state index in [-0.39, 0.29) is 23.6 Å². The fraction of sp³-hybridized carbons (Fsp3) is 0.333. The number of anilines is 2. The highest BCUT2D eigenvalue weighted by Crippen LogP contribution is 2.36. The third-order valence-electron chi connectivity index (χ3n) is 5.19. The van der Waals surface area contributed by atoms with E-state index >= 15 is 0 Å². The molecule has 2 aromatic rings. The monoisotopic (exact) mass is 410 g/mol. The minimum Gasteiger partial charge on any atom is -0.341 e. The van der Waals surface area contributed by atoms with Crippen molar-refractivity contribution in [3.63, 3.8) is 0 Å². The van der Waals surface area contributed by atoms with Crippen molar-refractivity contribution < 1.29 is 14.4 Å². The number of pyridine rings is 1. The maximum Gasteiger partial charge on any atom is 0.247 e. The summed E-state index contributed by atoms with van der Waals surface area (Å²) in [6.45, 7) is 2.86. The smallest absolute Gasteiger partial charge is 0.247 e. The van der Waals surface area contributed by atoms with E-state index in [0.717, 1.165) is 16.1 Å². The molecule has 0 unspecified atom stereocenters. The molecular weight excluding hydrogens is 388 g/mol. The summed E-state index contributed by atoms with van der Waals surface area (Å²) in [5.74, 6) is -0.194. The van der Waals surface area contributed by atoms with Gasteiger partial charge in [0.2, 0.25) is 17.7 Å². The largest absolute Gasteiger partial charge is 0.341 e. The Labute approximate surface area is 173 Å². The number of nitrogens with one attached hydrogen (secondary N) is 2. The number of likely N-dealkylation sites (tertiary alicyclic amines) is 1. The first kappa shape index (κ1) is 19.4. The molecule has 1 aromatic carbocycles. The van der Waals surface area contributed by atoms with Crippen molar-refractivity contribution in [2.45, 2.75) is 29.9 Å². The fourth-order valence-electron chi connectivity index (χ4n) is 3.51. The van der Waals surface area contributed by atoms with Gasteiger partial charge in [-0.05, 0) is 43.5 Å². The van der Waals surface area contributed by atoms with Crippen molar-refractivity contribution in [3.8, 4) is 0 Å². The molecule has 150 valence electrons. The Morgan fingerprint density at radius 1 is 1.17 bits per heavy atom. The summed E-state index contributed by atoms with van der Waals surface area (Å²) >= 11 is 1.29. The number of fused-ring (bicyclic) bond motifs is 1. The summed E-state index contributed by atoms with van der Waals surface area (Å²) in [6.07, 6.45) is 2.85. The molecule has 7 nitrogen and oxygen atoms in total. The van der Waals surface area contributed by atoms with Crippen molar-refractivity contribution >= 4 is 41.0 Å². The van der Waals surface area contributed by atoms with Gasteiger partial charge in [0.25, 0.3) is 0 Å². The van der Waals surface area contributed by atoms with Crippen LogP contribution in [0.4, 0.5) is 11.5 Å². The molecule has 8 heteroatoms. The van der Waals surface area contributed by atoms with Crippen LogP contribution in [0.1, 0.15) is 18.4 Å². The molecule has 0 bridgehead atoms. The van der Waals surface area contributed by atoms with Crippen LogP contribution in [0, 0.1) is 12.8 Å². The zero-order valence-electron chi connectivity index (χ0n) is 16.1. The first-order valence-electron chi connectivity index (χ1n) is 9.60. The molecule has 2 aliphatic heterocycles. The topological polar surface area (TPSA) is 91.4 Å². The lowest BCUT2D eigenvalue weighted by atomic mass is 9.95. The highest BCUT2D eigenvalue weighted by molar-refractivity contribution is 8.01. The molecule has 0 spiro atoms. The Bertz CT molecular complexity index is 939. The molecule has 0 aliphatic carbocycles. The molecular formula is C21H22N4O3S. The van der Waals surface area contributed by atoms with Crippen LogP contribution in [-0.4, -0.2) is 45.9 Å². The first-order chi connectivity index (χ1) is 14.0. The van der Waals surface area contributed by atoms with Gasteiger partial charge in [-0.3, -0.25) is 14.4 Å². The van der Waals surface area contributed by atoms with Crippen LogP contribution in [0.15, 0.2) is 47.5 Å². The lowest BCUT2D eigenvalue weighted by Gasteiger charge is -2.34. The molecule has 29 heavy (non-hydrogen) atoms. The predicted molar refractivity (Wildman–Crippen MR) is 112 cm³/mol. The predicted octanol–water partition coefficient (Wildman–Crippen LogP) is 2.68. The number of rotatable bonds is 3. The number of benzene rings is 1. The summed E-state index contributed by atoms with van der Waals surface area (Å²) in [6, 6.07) is 11.1. The number of nitrogens with zero attached hydrogens (tertiary/aromatic N) is 2. The van der Waals surface area contributed by atoms with Crippen LogP contribution in [0.25, 0.3) is 0 Å². The molecule has 2 aliphatic rings. The van der Waals surface area contributed by atoms with Crippen LogP contribution < -0.4 is 10.6 Å². The normalized spacial score (nSPS) is 19.3. The van der Waals surface area contributed by atoms with Crippen molar-refractivity contribution in [2.24, 2.45) is 5.92 Å². The van der Waals surface area contributed by atoms with Crippen LogP contribution in [0.3, 0.4) is 0 Å². The number of aryl methyl sites for hydroxylation is 1. The van der Waals surface area contributed by atoms with Gasteiger partial charge in [0, 0.05) is 30.1 Å². The van der Waals surface area contributed by atoms with Crippen LogP contribution >= 0.6 is 11.8 Å². The lowest BCUT2D eigenvalue weighted by Crippen LogP contribution is -2.48. The van der Waals surface area contributed by atoms with Crippen LogP contribution in [0.5, 0.6) is 0 Å². The minimum atomic E-state index is -0.785. The lowest BCUT2D eigenvalue weighted by molar-refractivity contribution is -0.136. The first-order valence-corrected chi connectivity index (χ1v) is 10.5. The summed E-state index contributed by atoms with van der Waals surface area (Å²) < 4.78 is 0. The molecule has 0 radical (unpaired) electrons. The van der Waals surface area contributed by atoms with Gasteiger partial charge in [0.15, 0.2) is 5.25 Å². The second kappa shape index (κ2) is 8.24. The number of hydrogen-bond acceptors (Lipinski definition) is 5. The number of aromatic nitrogens is 1. The highest BCUT2D eigenvalue weighted by atomic mass is 32.2. The highest BCUT2D eigenvalue weighted by Gasteiger charge is 2.37. The second-order valence-electron chi connectivity index (χ2n) is 7.29. The van der Waals surface area contributed by atoms with Crippen molar-refractivity contribution in [1.29, 1.82) is 0 Å². The molecule has 1 aromatic heterocycles. The van der Waals surface area contributed by atoms with E-state index in [9.17, 15) is 14.4 Å².